The molecule has 24 heavy (non-hydrogen) atoms. The van der Waals surface area contributed by atoms with Crippen LogP contribution in [-0.4, -0.2) is 25.5 Å². The largest absolute Gasteiger partial charge is 0.458 e. The number of anilines is 1. The summed E-state index contributed by atoms with van der Waals surface area (Å²) in [5.74, 6) is 3.46. The van der Waals surface area contributed by atoms with Crippen molar-refractivity contribution in [2.24, 2.45) is 0 Å². The van der Waals surface area contributed by atoms with Crippen molar-refractivity contribution in [3.05, 3.63) is 29.8 Å². The van der Waals surface area contributed by atoms with Gasteiger partial charge in [-0.3, -0.25) is 4.79 Å². The van der Waals surface area contributed by atoms with Gasteiger partial charge in [-0.05, 0) is 31.9 Å². The predicted octanol–water partition coefficient (Wildman–Crippen LogP) is 3.31. The van der Waals surface area contributed by atoms with E-state index in [2.05, 4.69) is 20.4 Å². The van der Waals surface area contributed by atoms with Crippen LogP contribution in [0.5, 0.6) is 0 Å². The lowest BCUT2D eigenvalue weighted by Gasteiger charge is -2.05. The van der Waals surface area contributed by atoms with Crippen molar-refractivity contribution in [3.8, 4) is 11.6 Å². The molecule has 7 nitrogen and oxygen atoms in total. The van der Waals surface area contributed by atoms with Crippen LogP contribution in [0, 0.1) is 6.92 Å². The van der Waals surface area contributed by atoms with Gasteiger partial charge in [0.05, 0.1) is 0 Å². The number of carbonyl (C=O) groups excluding carboxylic acids is 1. The summed E-state index contributed by atoms with van der Waals surface area (Å²) in [6, 6.07) is 5.47. The zero-order chi connectivity index (χ0) is 16.7. The Morgan fingerprint density at radius 1 is 1.29 bits per heavy atom. The maximum Gasteiger partial charge on any atom is 0.222 e. The Bertz CT molecular complexity index is 905. The first-order valence-electron chi connectivity index (χ1n) is 8.22. The number of carbonyl (C=O) groups is 1. The molecule has 3 heterocycles. The first kappa shape index (κ1) is 14.9. The van der Waals surface area contributed by atoms with E-state index in [-0.39, 0.29) is 5.91 Å². The molecule has 0 radical (unpaired) electrons. The minimum Gasteiger partial charge on any atom is -0.458 e. The molecule has 1 N–H and O–H groups in total. The lowest BCUT2D eigenvalue weighted by molar-refractivity contribution is -0.114. The second-order valence-corrected chi connectivity index (χ2v) is 6.28. The molecular formula is C17H19N5O2. The average molecular weight is 325 g/mol. The third-order valence-corrected chi connectivity index (χ3v) is 4.33. The summed E-state index contributed by atoms with van der Waals surface area (Å²) in [6.45, 7) is 3.33. The Hall–Kier alpha value is -2.70. The van der Waals surface area contributed by atoms with Gasteiger partial charge in [0.25, 0.3) is 0 Å². The summed E-state index contributed by atoms with van der Waals surface area (Å²) in [4.78, 5) is 20.6. The highest BCUT2D eigenvalue weighted by atomic mass is 16.3. The second kappa shape index (κ2) is 5.74. The standard InChI is InChI=1S/C17H19N5O2/c1-10-7-8-13(24-10)17-19-14(18-11(2)23)9-15-20-16(21-22(15)17)12-5-3-4-6-12/h7-9,12H,3-6H2,1-2H3,(H,18,23). The topological polar surface area (TPSA) is 85.3 Å². The Labute approximate surface area is 139 Å². The van der Waals surface area contributed by atoms with E-state index in [1.165, 1.54) is 19.8 Å². The van der Waals surface area contributed by atoms with Crippen LogP contribution in [0.1, 0.15) is 50.1 Å². The Morgan fingerprint density at radius 3 is 2.75 bits per heavy atom. The molecular weight excluding hydrogens is 306 g/mol. The normalized spacial score (nSPS) is 15.2. The number of hydrogen-bond donors (Lipinski definition) is 1. The lowest BCUT2D eigenvalue weighted by atomic mass is 10.1. The Kier molecular flexibility index (Phi) is 3.55. The van der Waals surface area contributed by atoms with Crippen LogP contribution < -0.4 is 5.32 Å². The van der Waals surface area contributed by atoms with Gasteiger partial charge in [-0.15, -0.1) is 5.10 Å². The van der Waals surface area contributed by atoms with E-state index in [9.17, 15) is 4.79 Å². The van der Waals surface area contributed by atoms with Gasteiger partial charge < -0.3 is 9.73 Å². The third-order valence-electron chi connectivity index (χ3n) is 4.33. The highest BCUT2D eigenvalue weighted by Crippen LogP contribution is 2.33. The van der Waals surface area contributed by atoms with Gasteiger partial charge in [-0.25, -0.2) is 9.97 Å². The van der Waals surface area contributed by atoms with E-state index in [4.69, 9.17) is 4.42 Å². The number of rotatable bonds is 3. The van der Waals surface area contributed by atoms with Gasteiger partial charge in [0.2, 0.25) is 11.7 Å². The summed E-state index contributed by atoms with van der Waals surface area (Å²) in [5, 5.41) is 7.39. The molecule has 0 bridgehead atoms. The van der Waals surface area contributed by atoms with Gasteiger partial charge in [-0.2, -0.15) is 4.52 Å². The molecule has 0 aliphatic heterocycles. The van der Waals surface area contributed by atoms with Crippen LogP contribution in [0.25, 0.3) is 17.2 Å². The van der Waals surface area contributed by atoms with E-state index >= 15 is 0 Å². The van der Waals surface area contributed by atoms with Crippen LogP contribution >= 0.6 is 0 Å². The zero-order valence-corrected chi connectivity index (χ0v) is 13.7. The molecule has 1 saturated carbocycles. The number of hydrogen-bond acceptors (Lipinski definition) is 5. The molecule has 124 valence electrons. The van der Waals surface area contributed by atoms with Crippen LogP contribution in [0.2, 0.25) is 0 Å². The van der Waals surface area contributed by atoms with Crippen molar-refractivity contribution >= 4 is 17.4 Å². The Morgan fingerprint density at radius 2 is 2.08 bits per heavy atom. The highest BCUT2D eigenvalue weighted by molar-refractivity contribution is 5.88. The van der Waals surface area contributed by atoms with Gasteiger partial charge in [0, 0.05) is 18.9 Å². The first-order valence-corrected chi connectivity index (χ1v) is 8.22. The fraction of sp³-hybridized carbons (Fsp3) is 0.412. The zero-order valence-electron chi connectivity index (χ0n) is 13.7. The van der Waals surface area contributed by atoms with Gasteiger partial charge in [0.1, 0.15) is 11.6 Å². The summed E-state index contributed by atoms with van der Waals surface area (Å²) in [5.41, 5.74) is 0.666. The molecule has 3 aromatic rings. The lowest BCUT2D eigenvalue weighted by Crippen LogP contribution is -2.09. The molecule has 1 amide bonds. The molecule has 0 spiro atoms. The predicted molar refractivity (Wildman–Crippen MR) is 88.7 cm³/mol. The van der Waals surface area contributed by atoms with Crippen molar-refractivity contribution in [1.29, 1.82) is 0 Å². The van der Waals surface area contributed by atoms with E-state index < -0.39 is 0 Å². The number of amides is 1. The summed E-state index contributed by atoms with van der Waals surface area (Å²) >= 11 is 0. The molecule has 1 aliphatic carbocycles. The molecule has 7 heteroatoms. The van der Waals surface area contributed by atoms with Crippen molar-refractivity contribution in [2.75, 3.05) is 5.32 Å². The quantitative estimate of drug-likeness (QED) is 0.798. The molecule has 4 rings (SSSR count). The number of fused-ring (bicyclic) bond motifs is 1. The second-order valence-electron chi connectivity index (χ2n) is 6.28. The SMILES string of the molecule is CC(=O)Nc1cc2nc(C3CCCC3)nn2c(-c2ccc(C)o2)n1. The van der Waals surface area contributed by atoms with Crippen molar-refractivity contribution in [2.45, 2.75) is 45.4 Å². The van der Waals surface area contributed by atoms with E-state index in [1.54, 1.807) is 10.6 Å². The van der Waals surface area contributed by atoms with Crippen LogP contribution in [0.15, 0.2) is 22.6 Å². The van der Waals surface area contributed by atoms with Crippen LogP contribution in [0.3, 0.4) is 0 Å². The average Bonchev–Trinajstić information content (AvgIpc) is 3.25. The van der Waals surface area contributed by atoms with Gasteiger partial charge in [-0.1, -0.05) is 12.8 Å². The number of nitrogens with zero attached hydrogens (tertiary/aromatic N) is 4. The summed E-state index contributed by atoms with van der Waals surface area (Å²) < 4.78 is 7.41. The monoisotopic (exact) mass is 325 g/mol. The maximum atomic E-state index is 11.4. The van der Waals surface area contributed by atoms with E-state index in [1.807, 2.05) is 19.1 Å². The van der Waals surface area contributed by atoms with E-state index in [0.717, 1.165) is 24.4 Å². The number of aryl methyl sites for hydroxylation is 1. The minimum atomic E-state index is -0.177. The third kappa shape index (κ3) is 2.66. The molecule has 0 saturated heterocycles. The molecule has 0 aromatic carbocycles. The van der Waals surface area contributed by atoms with Crippen LogP contribution in [-0.2, 0) is 4.79 Å². The van der Waals surface area contributed by atoms with E-state index in [0.29, 0.717) is 29.0 Å². The van der Waals surface area contributed by atoms with Crippen LogP contribution in [0.4, 0.5) is 5.82 Å². The molecule has 0 atom stereocenters. The molecule has 0 unspecified atom stereocenters. The smallest absolute Gasteiger partial charge is 0.222 e. The number of aromatic nitrogens is 4. The summed E-state index contributed by atoms with van der Waals surface area (Å²) in [6.07, 6.45) is 4.69. The highest BCUT2D eigenvalue weighted by Gasteiger charge is 2.23. The molecule has 1 aliphatic rings. The number of nitrogens with one attached hydrogen (secondary N) is 1. The fourth-order valence-corrected chi connectivity index (χ4v) is 3.22. The fourth-order valence-electron chi connectivity index (χ4n) is 3.22. The van der Waals surface area contributed by atoms with Gasteiger partial charge >= 0.3 is 0 Å². The van der Waals surface area contributed by atoms with Crippen molar-refractivity contribution in [3.63, 3.8) is 0 Å². The summed E-state index contributed by atoms with van der Waals surface area (Å²) in [7, 11) is 0. The van der Waals surface area contributed by atoms with Gasteiger partial charge in [0.15, 0.2) is 17.2 Å². The molecule has 1 fully saturated rings. The van der Waals surface area contributed by atoms with Crippen molar-refractivity contribution < 1.29 is 9.21 Å². The molecule has 3 aromatic heterocycles. The number of furan rings is 1. The minimum absolute atomic E-state index is 0.177. The first-order chi connectivity index (χ1) is 11.6. The Balaban J connectivity index is 1.87. The maximum absolute atomic E-state index is 11.4. The van der Waals surface area contributed by atoms with Crippen molar-refractivity contribution in [1.82, 2.24) is 19.6 Å².